The molecule has 12 heteroatoms. The van der Waals surface area contributed by atoms with Gasteiger partial charge >= 0.3 is 21.9 Å². The van der Waals surface area contributed by atoms with E-state index >= 15 is 0 Å². The monoisotopic (exact) mass is 388 g/mol. The third-order valence-electron chi connectivity index (χ3n) is 3.28. The fourth-order valence-corrected chi connectivity index (χ4v) is 3.86. The molecule has 0 saturated carbocycles. The molecule has 1 N–H and O–H groups in total. The standard InChI is InChI=1S/C13H20N6O4S2/c1-4-6-10-14-19(13(21)17(10)3)11(20)15-25(22,23)16-12-18(7-5-2)8-9-24-12/h8-9H,4-7H2,1-3H3,(H,15,20)/b16-12-. The van der Waals surface area contributed by atoms with Gasteiger partial charge in [-0.2, -0.15) is 8.42 Å². The Morgan fingerprint density at radius 1 is 1.36 bits per heavy atom. The molecule has 138 valence electrons. The molecule has 0 saturated heterocycles. The van der Waals surface area contributed by atoms with Gasteiger partial charge in [0.1, 0.15) is 5.82 Å². The van der Waals surface area contributed by atoms with Crippen LogP contribution in [0.4, 0.5) is 4.79 Å². The zero-order valence-corrected chi connectivity index (χ0v) is 15.8. The van der Waals surface area contributed by atoms with Crippen molar-refractivity contribution in [1.82, 2.24) is 23.6 Å². The van der Waals surface area contributed by atoms with Gasteiger partial charge in [0.15, 0.2) is 0 Å². The predicted octanol–water partition coefficient (Wildman–Crippen LogP) is 0.211. The molecule has 0 radical (unpaired) electrons. The first-order valence-corrected chi connectivity index (χ1v) is 10.0. The second kappa shape index (κ2) is 7.78. The highest BCUT2D eigenvalue weighted by molar-refractivity contribution is 7.88. The molecule has 0 bridgehead atoms. The molecule has 25 heavy (non-hydrogen) atoms. The number of hydrogen-bond donors (Lipinski definition) is 1. The van der Waals surface area contributed by atoms with Gasteiger partial charge in [-0.25, -0.2) is 14.3 Å². The van der Waals surface area contributed by atoms with E-state index in [2.05, 4.69) is 9.50 Å². The second-order valence-electron chi connectivity index (χ2n) is 5.27. The third-order valence-corrected chi connectivity index (χ3v) is 5.03. The Hall–Kier alpha value is -2.21. The van der Waals surface area contributed by atoms with E-state index in [1.165, 1.54) is 11.6 Å². The number of carbonyl (C=O) groups is 1. The maximum Gasteiger partial charge on any atom is 0.361 e. The van der Waals surface area contributed by atoms with Gasteiger partial charge < -0.3 is 4.57 Å². The molecule has 2 rings (SSSR count). The van der Waals surface area contributed by atoms with E-state index in [1.54, 1.807) is 20.9 Å². The fraction of sp³-hybridized carbons (Fsp3) is 0.538. The number of thiazole rings is 1. The summed E-state index contributed by atoms with van der Waals surface area (Å²) in [5, 5.41) is 5.57. The van der Waals surface area contributed by atoms with Crippen molar-refractivity contribution in [3.05, 3.63) is 32.7 Å². The van der Waals surface area contributed by atoms with Crippen LogP contribution in [0.3, 0.4) is 0 Å². The summed E-state index contributed by atoms with van der Waals surface area (Å²) in [7, 11) is -2.84. The number of amides is 1. The minimum Gasteiger partial charge on any atom is -0.323 e. The summed E-state index contributed by atoms with van der Waals surface area (Å²) in [5.41, 5.74) is -0.715. The van der Waals surface area contributed by atoms with Gasteiger partial charge in [0, 0.05) is 31.6 Å². The lowest BCUT2D eigenvalue weighted by molar-refractivity contribution is 0.243. The van der Waals surface area contributed by atoms with Gasteiger partial charge in [0.2, 0.25) is 4.80 Å². The molecule has 0 aromatic carbocycles. The van der Waals surface area contributed by atoms with Gasteiger partial charge in [-0.05, 0) is 12.8 Å². The average molecular weight is 388 g/mol. The fourth-order valence-electron chi connectivity index (χ4n) is 2.11. The van der Waals surface area contributed by atoms with Crippen LogP contribution in [0.1, 0.15) is 32.5 Å². The van der Waals surface area contributed by atoms with Crippen LogP contribution in [-0.4, -0.2) is 33.4 Å². The number of hydrogen-bond acceptors (Lipinski definition) is 6. The summed E-state index contributed by atoms with van der Waals surface area (Å²) in [6.45, 7) is 4.46. The number of aryl methyl sites for hydroxylation is 2. The van der Waals surface area contributed by atoms with E-state index in [1.807, 2.05) is 13.8 Å². The Balaban J connectivity index is 2.29. The summed E-state index contributed by atoms with van der Waals surface area (Å²) < 4.78 is 32.9. The number of carbonyl (C=O) groups excluding carboxylic acids is 1. The highest BCUT2D eigenvalue weighted by atomic mass is 32.2. The Bertz CT molecular complexity index is 979. The maximum absolute atomic E-state index is 12.1. The first-order valence-electron chi connectivity index (χ1n) is 7.71. The molecule has 0 aliphatic heterocycles. The summed E-state index contributed by atoms with van der Waals surface area (Å²) in [4.78, 5) is 24.4. The minimum atomic E-state index is -4.32. The average Bonchev–Trinajstić information content (AvgIpc) is 3.06. The zero-order valence-electron chi connectivity index (χ0n) is 14.2. The number of nitrogens with one attached hydrogen (secondary N) is 1. The lowest BCUT2D eigenvalue weighted by atomic mass is 10.3. The van der Waals surface area contributed by atoms with Gasteiger partial charge in [0.05, 0.1) is 0 Å². The molecule has 0 fully saturated rings. The van der Waals surface area contributed by atoms with Crippen LogP contribution < -0.4 is 15.2 Å². The molecule has 1 amide bonds. The normalized spacial score (nSPS) is 12.5. The SMILES string of the molecule is CCCc1nn(C(=O)NS(=O)(=O)/N=c2\sccn2CCC)c(=O)n1C. The number of aromatic nitrogens is 4. The lowest BCUT2D eigenvalue weighted by Gasteiger charge is -2.02. The first-order chi connectivity index (χ1) is 11.8. The van der Waals surface area contributed by atoms with Gasteiger partial charge in [0.25, 0.3) is 0 Å². The van der Waals surface area contributed by atoms with E-state index in [-0.39, 0.29) is 4.80 Å². The molecule has 0 aliphatic rings. The molecular formula is C13H20N6O4S2. The van der Waals surface area contributed by atoms with Crippen molar-refractivity contribution in [2.45, 2.75) is 39.7 Å². The molecule has 2 aromatic heterocycles. The zero-order chi connectivity index (χ0) is 18.6. The topological polar surface area (TPSA) is 120 Å². The van der Waals surface area contributed by atoms with Gasteiger partial charge in [-0.1, -0.05) is 13.8 Å². The van der Waals surface area contributed by atoms with Crippen molar-refractivity contribution in [1.29, 1.82) is 0 Å². The van der Waals surface area contributed by atoms with Gasteiger partial charge in [-0.3, -0.25) is 4.57 Å². The van der Waals surface area contributed by atoms with Crippen molar-refractivity contribution < 1.29 is 13.2 Å². The van der Waals surface area contributed by atoms with E-state index in [0.29, 0.717) is 23.5 Å². The first kappa shape index (κ1) is 19.1. The van der Waals surface area contributed by atoms with Crippen LogP contribution in [0, 0.1) is 0 Å². The number of rotatable bonds is 6. The van der Waals surface area contributed by atoms with E-state index < -0.39 is 21.9 Å². The van der Waals surface area contributed by atoms with E-state index in [9.17, 15) is 18.0 Å². The highest BCUT2D eigenvalue weighted by Crippen LogP contribution is 1.97. The van der Waals surface area contributed by atoms with E-state index in [4.69, 9.17) is 0 Å². The highest BCUT2D eigenvalue weighted by Gasteiger charge is 2.20. The molecule has 0 unspecified atom stereocenters. The Kier molecular flexibility index (Phi) is 5.95. The Labute approximate surface area is 148 Å². The molecule has 10 nitrogen and oxygen atoms in total. The maximum atomic E-state index is 12.1. The van der Waals surface area contributed by atoms with Crippen LogP contribution in [0.15, 0.2) is 20.8 Å². The van der Waals surface area contributed by atoms with Crippen LogP contribution in [0.2, 0.25) is 0 Å². The molecular weight excluding hydrogens is 368 g/mol. The molecule has 2 heterocycles. The largest absolute Gasteiger partial charge is 0.361 e. The van der Waals surface area contributed by atoms with Crippen molar-refractivity contribution >= 4 is 27.6 Å². The van der Waals surface area contributed by atoms with E-state index in [0.717, 1.165) is 24.2 Å². The van der Waals surface area contributed by atoms with Crippen molar-refractivity contribution in [3.63, 3.8) is 0 Å². The smallest absolute Gasteiger partial charge is 0.323 e. The van der Waals surface area contributed by atoms with Crippen LogP contribution in [0.5, 0.6) is 0 Å². The molecule has 0 spiro atoms. The molecule has 2 aromatic rings. The summed E-state index contributed by atoms with van der Waals surface area (Å²) >= 11 is 1.13. The van der Waals surface area contributed by atoms with Crippen LogP contribution in [-0.2, 0) is 30.2 Å². The second-order valence-corrected chi connectivity index (χ2v) is 7.48. The summed E-state index contributed by atoms with van der Waals surface area (Å²) in [6.07, 6.45) is 3.75. The van der Waals surface area contributed by atoms with Crippen molar-refractivity contribution in [3.8, 4) is 0 Å². The number of nitrogens with zero attached hydrogens (tertiary/aromatic N) is 5. The van der Waals surface area contributed by atoms with Gasteiger partial charge in [-0.15, -0.1) is 25.5 Å². The summed E-state index contributed by atoms with van der Waals surface area (Å²) in [5.74, 6) is 0.399. The minimum absolute atomic E-state index is 0.238. The van der Waals surface area contributed by atoms with Crippen LogP contribution in [0.25, 0.3) is 0 Å². The Morgan fingerprint density at radius 3 is 2.72 bits per heavy atom. The summed E-state index contributed by atoms with van der Waals surface area (Å²) in [6, 6.07) is -1.16. The molecule has 0 atom stereocenters. The van der Waals surface area contributed by atoms with Crippen LogP contribution >= 0.6 is 11.3 Å². The Morgan fingerprint density at radius 2 is 2.08 bits per heavy atom. The van der Waals surface area contributed by atoms with Crippen molar-refractivity contribution in [2.24, 2.45) is 11.4 Å². The molecule has 0 aliphatic carbocycles. The lowest BCUT2D eigenvalue weighted by Crippen LogP contribution is -2.40. The third kappa shape index (κ3) is 4.45. The quantitative estimate of drug-likeness (QED) is 0.758. The predicted molar refractivity (Wildman–Crippen MR) is 92.5 cm³/mol. The van der Waals surface area contributed by atoms with Crippen molar-refractivity contribution in [2.75, 3.05) is 0 Å².